The summed E-state index contributed by atoms with van der Waals surface area (Å²) in [4.78, 5) is 16.9. The zero-order chi connectivity index (χ0) is 18.7. The number of hydrogen-bond donors (Lipinski definition) is 1. The van der Waals surface area contributed by atoms with Gasteiger partial charge >= 0.3 is 0 Å². The molecule has 2 aromatic heterocycles. The van der Waals surface area contributed by atoms with Crippen molar-refractivity contribution in [3.05, 3.63) is 65.2 Å². The molecule has 0 bridgehead atoms. The van der Waals surface area contributed by atoms with E-state index in [0.29, 0.717) is 11.4 Å². The van der Waals surface area contributed by atoms with Crippen LogP contribution < -0.4 is 5.73 Å². The van der Waals surface area contributed by atoms with Crippen molar-refractivity contribution in [1.82, 2.24) is 19.7 Å². The van der Waals surface area contributed by atoms with Gasteiger partial charge in [-0.15, -0.1) is 10.2 Å². The maximum Gasteiger partial charge on any atom is 0.191 e. The summed E-state index contributed by atoms with van der Waals surface area (Å²) in [6.07, 6.45) is 1.96. The van der Waals surface area contributed by atoms with E-state index in [1.165, 1.54) is 0 Å². The van der Waals surface area contributed by atoms with Crippen LogP contribution in [0.15, 0.2) is 47.9 Å². The normalized spacial score (nSPS) is 12.1. The Morgan fingerprint density at radius 1 is 1.31 bits per heavy atom. The number of carbonyl (C=O) groups excluding carboxylic acids is 1. The number of nitrogens with zero attached hydrogens (tertiary/aromatic N) is 4. The Bertz CT molecular complexity index is 937. The first kappa shape index (κ1) is 18.1. The highest BCUT2D eigenvalue weighted by Gasteiger charge is 2.15. The summed E-state index contributed by atoms with van der Waals surface area (Å²) in [6.45, 7) is 3.96. The van der Waals surface area contributed by atoms with Gasteiger partial charge in [-0.05, 0) is 37.1 Å². The fourth-order valence-electron chi connectivity index (χ4n) is 2.62. The topological polar surface area (TPSA) is 86.7 Å². The van der Waals surface area contributed by atoms with Crippen molar-refractivity contribution >= 4 is 23.2 Å². The number of Topliss-reactive ketones (excluding diaryl/α,β-unsaturated/α-hetero) is 1. The number of carbonyl (C=O) groups is 1. The molecule has 0 aliphatic heterocycles. The third kappa shape index (κ3) is 4.11. The number of anilines is 1. The fraction of sp³-hybridized carbons (Fsp3) is 0.263. The monoisotopic (exact) mass is 367 g/mol. The Morgan fingerprint density at radius 3 is 2.85 bits per heavy atom. The van der Waals surface area contributed by atoms with Gasteiger partial charge in [0.1, 0.15) is 12.0 Å². The number of aryl methyl sites for hydroxylation is 2. The van der Waals surface area contributed by atoms with Gasteiger partial charge in [-0.3, -0.25) is 4.79 Å². The first-order chi connectivity index (χ1) is 12.4. The van der Waals surface area contributed by atoms with Crippen molar-refractivity contribution in [2.45, 2.75) is 30.7 Å². The van der Waals surface area contributed by atoms with Crippen LogP contribution in [-0.2, 0) is 13.5 Å². The number of thioether (sulfide) groups is 1. The molecule has 6 nitrogen and oxygen atoms in total. The lowest BCUT2D eigenvalue weighted by molar-refractivity contribution is 0.0989. The molecule has 0 radical (unpaired) electrons. The van der Waals surface area contributed by atoms with Gasteiger partial charge in [-0.2, -0.15) is 0 Å². The molecule has 0 spiro atoms. The third-order valence-electron chi connectivity index (χ3n) is 4.07. The second-order valence-corrected chi connectivity index (χ2v) is 7.53. The highest BCUT2D eigenvalue weighted by molar-refractivity contribution is 7.99. The molecule has 0 amide bonds. The van der Waals surface area contributed by atoms with Crippen LogP contribution >= 0.6 is 11.8 Å². The minimum Gasteiger partial charge on any atom is -0.397 e. The molecule has 3 rings (SSSR count). The summed E-state index contributed by atoms with van der Waals surface area (Å²) in [6, 6.07) is 11.6. The van der Waals surface area contributed by atoms with Gasteiger partial charge in [0.15, 0.2) is 10.9 Å². The van der Waals surface area contributed by atoms with Crippen LogP contribution in [-0.4, -0.2) is 25.5 Å². The van der Waals surface area contributed by atoms with Gasteiger partial charge in [0.05, 0.1) is 5.69 Å². The summed E-state index contributed by atoms with van der Waals surface area (Å²) in [5.41, 5.74) is 9.53. The van der Waals surface area contributed by atoms with Crippen molar-refractivity contribution in [1.29, 1.82) is 0 Å². The Hall–Kier alpha value is -2.67. The SMILES string of the molecule is Cc1ccc(N)c(C(=O)Cc2cccc([C@H](C)Sc3nncn3C)c2)n1. The number of pyridine rings is 1. The van der Waals surface area contributed by atoms with Crippen molar-refractivity contribution in [2.24, 2.45) is 7.05 Å². The van der Waals surface area contributed by atoms with Gasteiger partial charge in [0.2, 0.25) is 0 Å². The molecule has 3 aromatic rings. The lowest BCUT2D eigenvalue weighted by Gasteiger charge is -2.12. The number of hydrogen-bond acceptors (Lipinski definition) is 6. The van der Waals surface area contributed by atoms with E-state index in [1.807, 2.05) is 30.7 Å². The molecule has 0 fully saturated rings. The lowest BCUT2D eigenvalue weighted by atomic mass is 10.0. The number of ketones is 1. The van der Waals surface area contributed by atoms with E-state index in [1.54, 1.807) is 30.2 Å². The zero-order valence-corrected chi connectivity index (χ0v) is 15.8. The smallest absolute Gasteiger partial charge is 0.191 e. The molecule has 7 heteroatoms. The van der Waals surface area contributed by atoms with Crippen molar-refractivity contribution in [3.8, 4) is 0 Å². The summed E-state index contributed by atoms with van der Waals surface area (Å²) in [5.74, 6) is -0.0723. The number of nitrogen functional groups attached to an aromatic ring is 1. The Balaban J connectivity index is 1.75. The van der Waals surface area contributed by atoms with Crippen LogP contribution in [0.5, 0.6) is 0 Å². The van der Waals surface area contributed by atoms with Crippen LogP contribution in [0, 0.1) is 6.92 Å². The zero-order valence-electron chi connectivity index (χ0n) is 15.0. The Morgan fingerprint density at radius 2 is 2.12 bits per heavy atom. The minimum atomic E-state index is -0.0723. The molecule has 2 N–H and O–H groups in total. The quantitative estimate of drug-likeness (QED) is 0.531. The number of nitrogens with two attached hydrogens (primary N) is 1. The number of rotatable bonds is 6. The highest BCUT2D eigenvalue weighted by atomic mass is 32.2. The maximum atomic E-state index is 12.6. The highest BCUT2D eigenvalue weighted by Crippen LogP contribution is 2.33. The van der Waals surface area contributed by atoms with Crippen LogP contribution in [0.2, 0.25) is 0 Å². The molecule has 26 heavy (non-hydrogen) atoms. The summed E-state index contributed by atoms with van der Waals surface area (Å²) in [5, 5.41) is 9.06. The Labute approximate surface area is 156 Å². The van der Waals surface area contributed by atoms with E-state index in [4.69, 9.17) is 5.73 Å². The van der Waals surface area contributed by atoms with Crippen LogP contribution in [0.1, 0.15) is 39.5 Å². The van der Waals surface area contributed by atoms with Gasteiger partial charge in [0.25, 0.3) is 0 Å². The van der Waals surface area contributed by atoms with E-state index in [-0.39, 0.29) is 17.5 Å². The first-order valence-corrected chi connectivity index (χ1v) is 9.18. The largest absolute Gasteiger partial charge is 0.397 e. The molecule has 0 saturated carbocycles. The fourth-order valence-corrected chi connectivity index (χ4v) is 3.53. The maximum absolute atomic E-state index is 12.6. The molecule has 0 saturated heterocycles. The molecule has 0 aliphatic carbocycles. The molecule has 0 aliphatic rings. The van der Waals surface area contributed by atoms with Crippen LogP contribution in [0.3, 0.4) is 0 Å². The predicted molar refractivity (Wildman–Crippen MR) is 103 cm³/mol. The lowest BCUT2D eigenvalue weighted by Crippen LogP contribution is -2.10. The minimum absolute atomic E-state index is 0.0723. The number of aromatic nitrogens is 4. The van der Waals surface area contributed by atoms with E-state index >= 15 is 0 Å². The van der Waals surface area contributed by atoms with Gasteiger partial charge in [-0.25, -0.2) is 4.98 Å². The summed E-state index contributed by atoms with van der Waals surface area (Å²) >= 11 is 1.63. The predicted octanol–water partition coefficient (Wildman–Crippen LogP) is 3.38. The number of benzene rings is 1. The van der Waals surface area contributed by atoms with Gasteiger partial charge in [-0.1, -0.05) is 36.0 Å². The summed E-state index contributed by atoms with van der Waals surface area (Å²) in [7, 11) is 1.92. The van der Waals surface area contributed by atoms with E-state index < -0.39 is 0 Å². The van der Waals surface area contributed by atoms with Crippen molar-refractivity contribution in [2.75, 3.05) is 5.73 Å². The van der Waals surface area contributed by atoms with Gasteiger partial charge in [0, 0.05) is 24.4 Å². The van der Waals surface area contributed by atoms with Crippen molar-refractivity contribution in [3.63, 3.8) is 0 Å². The molecule has 134 valence electrons. The van der Waals surface area contributed by atoms with E-state index in [0.717, 1.165) is 22.0 Å². The average molecular weight is 367 g/mol. The van der Waals surface area contributed by atoms with Gasteiger partial charge < -0.3 is 10.3 Å². The first-order valence-electron chi connectivity index (χ1n) is 8.30. The molecular formula is C19H21N5OS. The second-order valence-electron chi connectivity index (χ2n) is 6.22. The summed E-state index contributed by atoms with van der Waals surface area (Å²) < 4.78 is 1.89. The van der Waals surface area contributed by atoms with E-state index in [9.17, 15) is 4.79 Å². The third-order valence-corrected chi connectivity index (χ3v) is 5.27. The van der Waals surface area contributed by atoms with E-state index in [2.05, 4.69) is 34.2 Å². The average Bonchev–Trinajstić information content (AvgIpc) is 3.02. The van der Waals surface area contributed by atoms with Crippen molar-refractivity contribution < 1.29 is 4.79 Å². The molecule has 2 heterocycles. The standard InChI is InChI=1S/C19H21N5OS/c1-12-7-8-16(20)18(22-12)17(25)10-14-5-4-6-15(9-14)13(2)26-19-23-21-11-24(19)3/h4-9,11,13H,10,20H2,1-3H3/t13-/m0/s1. The second kappa shape index (κ2) is 7.70. The Kier molecular flexibility index (Phi) is 5.37. The van der Waals surface area contributed by atoms with Crippen LogP contribution in [0.4, 0.5) is 5.69 Å². The molecule has 1 atom stereocenters. The van der Waals surface area contributed by atoms with Crippen LogP contribution in [0.25, 0.3) is 0 Å². The molecule has 1 aromatic carbocycles. The molecule has 0 unspecified atom stereocenters. The molecular weight excluding hydrogens is 346 g/mol.